The van der Waals surface area contributed by atoms with Gasteiger partial charge in [-0.3, -0.25) is 0 Å². The molecule has 0 aromatic heterocycles. The number of benzene rings is 2. The van der Waals surface area contributed by atoms with Crippen molar-refractivity contribution >= 4 is 10.0 Å². The van der Waals surface area contributed by atoms with Gasteiger partial charge in [-0.15, -0.1) is 0 Å². The Morgan fingerprint density at radius 3 is 2.59 bits per heavy atom. The van der Waals surface area contributed by atoms with E-state index in [-0.39, 0.29) is 29.1 Å². The first-order chi connectivity index (χ1) is 13.7. The average molecular weight is 424 g/mol. The van der Waals surface area contributed by atoms with Crippen LogP contribution in [0.2, 0.25) is 0 Å². The molecule has 1 aliphatic carbocycles. The van der Waals surface area contributed by atoms with E-state index in [0.717, 1.165) is 19.1 Å². The molecular formula is C21H23F3N2O2S. The van der Waals surface area contributed by atoms with Crippen LogP contribution < -0.4 is 10.0 Å². The Balaban J connectivity index is 1.61. The Bertz CT molecular complexity index is 1010. The molecule has 0 radical (unpaired) electrons. The van der Waals surface area contributed by atoms with Crippen molar-refractivity contribution in [3.8, 4) is 11.1 Å². The lowest BCUT2D eigenvalue weighted by molar-refractivity contribution is 0.0809. The van der Waals surface area contributed by atoms with E-state index in [1.165, 1.54) is 18.2 Å². The molecule has 0 unspecified atom stereocenters. The minimum absolute atomic E-state index is 0.154. The van der Waals surface area contributed by atoms with Crippen molar-refractivity contribution in [3.05, 3.63) is 59.4 Å². The molecule has 3 fully saturated rings. The molecule has 4 nitrogen and oxygen atoms in total. The summed E-state index contributed by atoms with van der Waals surface area (Å²) < 4.78 is 67.6. The summed E-state index contributed by atoms with van der Waals surface area (Å²) in [6.45, 7) is 0. The molecular weight excluding hydrogens is 401 g/mol. The maximum absolute atomic E-state index is 15.3. The van der Waals surface area contributed by atoms with E-state index >= 15 is 4.39 Å². The Labute approximate surface area is 168 Å². The van der Waals surface area contributed by atoms with Gasteiger partial charge in [0.1, 0.15) is 5.82 Å². The van der Waals surface area contributed by atoms with Gasteiger partial charge >= 0.3 is 0 Å². The van der Waals surface area contributed by atoms with Crippen LogP contribution in [0.25, 0.3) is 11.1 Å². The predicted molar refractivity (Wildman–Crippen MR) is 106 cm³/mol. The molecule has 2 saturated heterocycles. The van der Waals surface area contributed by atoms with Gasteiger partial charge in [0.05, 0.1) is 6.26 Å². The van der Waals surface area contributed by atoms with Crippen LogP contribution in [0.4, 0.5) is 13.2 Å². The third-order valence-corrected chi connectivity index (χ3v) is 6.58. The number of hydrogen-bond donors (Lipinski definition) is 2. The van der Waals surface area contributed by atoms with E-state index in [0.29, 0.717) is 23.6 Å². The third-order valence-electron chi connectivity index (χ3n) is 5.88. The number of halogens is 3. The van der Waals surface area contributed by atoms with Gasteiger partial charge in [0.15, 0.2) is 0 Å². The number of piperidine rings is 2. The van der Waals surface area contributed by atoms with Crippen molar-refractivity contribution in [2.24, 2.45) is 5.92 Å². The highest BCUT2D eigenvalue weighted by molar-refractivity contribution is 7.88. The largest absolute Gasteiger partial charge is 0.309 e. The average Bonchev–Trinajstić information content (AvgIpc) is 2.62. The van der Waals surface area contributed by atoms with Crippen molar-refractivity contribution in [3.63, 3.8) is 0 Å². The van der Waals surface area contributed by atoms with Crippen LogP contribution in [0.15, 0.2) is 42.5 Å². The molecule has 2 aliphatic heterocycles. The van der Waals surface area contributed by atoms with Gasteiger partial charge in [-0.05, 0) is 42.4 Å². The Kier molecular flexibility index (Phi) is 5.44. The summed E-state index contributed by atoms with van der Waals surface area (Å²) in [5.74, 6) is -0.215. The fourth-order valence-electron chi connectivity index (χ4n) is 4.48. The smallest absolute Gasteiger partial charge is 0.263 e. The summed E-state index contributed by atoms with van der Waals surface area (Å²) >= 11 is 0. The zero-order valence-corrected chi connectivity index (χ0v) is 16.7. The maximum Gasteiger partial charge on any atom is 0.263 e. The molecule has 156 valence electrons. The lowest BCUT2D eigenvalue weighted by atomic mass is 9.68. The van der Waals surface area contributed by atoms with Crippen LogP contribution in [0.5, 0.6) is 0 Å². The summed E-state index contributed by atoms with van der Waals surface area (Å²) in [4.78, 5) is 0. The monoisotopic (exact) mass is 424 g/mol. The molecule has 2 atom stereocenters. The first kappa shape index (κ1) is 20.4. The van der Waals surface area contributed by atoms with Gasteiger partial charge in [-0.1, -0.05) is 36.4 Å². The Hall–Kier alpha value is -1.90. The summed E-state index contributed by atoms with van der Waals surface area (Å²) in [5.41, 5.74) is 0.939. The van der Waals surface area contributed by atoms with Gasteiger partial charge in [-0.2, -0.15) is 0 Å². The van der Waals surface area contributed by atoms with Crippen LogP contribution in [-0.4, -0.2) is 32.8 Å². The molecule has 5 rings (SSSR count). The van der Waals surface area contributed by atoms with E-state index < -0.39 is 22.3 Å². The highest BCUT2D eigenvalue weighted by Gasteiger charge is 2.46. The van der Waals surface area contributed by atoms with E-state index in [1.807, 2.05) is 0 Å². The molecule has 2 aromatic rings. The molecule has 2 aromatic carbocycles. The summed E-state index contributed by atoms with van der Waals surface area (Å²) in [6, 6.07) is 10.5. The van der Waals surface area contributed by atoms with Gasteiger partial charge in [-0.25, -0.2) is 26.3 Å². The van der Waals surface area contributed by atoms with Crippen molar-refractivity contribution in [1.82, 2.24) is 10.0 Å². The predicted octanol–water partition coefficient (Wildman–Crippen LogP) is 3.64. The second kappa shape index (κ2) is 7.74. The summed E-state index contributed by atoms with van der Waals surface area (Å²) in [5, 5.41) is 3.42. The molecule has 0 amide bonds. The van der Waals surface area contributed by atoms with Gasteiger partial charge in [0, 0.05) is 29.3 Å². The van der Waals surface area contributed by atoms with Crippen molar-refractivity contribution in [2.75, 3.05) is 6.26 Å². The van der Waals surface area contributed by atoms with E-state index in [2.05, 4.69) is 10.0 Å². The molecule has 29 heavy (non-hydrogen) atoms. The molecule has 8 heteroatoms. The first-order valence-corrected chi connectivity index (χ1v) is 11.5. The van der Waals surface area contributed by atoms with Gasteiger partial charge in [0.2, 0.25) is 10.0 Å². The van der Waals surface area contributed by atoms with Crippen LogP contribution >= 0.6 is 0 Å². The number of alkyl halides is 2. The van der Waals surface area contributed by atoms with Gasteiger partial charge in [0.25, 0.3) is 6.43 Å². The molecule has 2 N–H and O–H groups in total. The molecule has 3 aliphatic rings. The minimum Gasteiger partial charge on any atom is -0.309 e. The van der Waals surface area contributed by atoms with E-state index in [9.17, 15) is 17.2 Å². The number of rotatable bonds is 6. The highest BCUT2D eigenvalue weighted by Crippen LogP contribution is 2.38. The van der Waals surface area contributed by atoms with Crippen LogP contribution in [0.1, 0.15) is 30.4 Å². The van der Waals surface area contributed by atoms with Crippen molar-refractivity contribution in [2.45, 2.75) is 43.8 Å². The number of hydrogen-bond acceptors (Lipinski definition) is 3. The number of sulfonamides is 1. The lowest BCUT2D eigenvalue weighted by Crippen LogP contribution is -2.67. The Morgan fingerprint density at radius 1 is 1.17 bits per heavy atom. The zero-order valence-electron chi connectivity index (χ0n) is 15.9. The number of fused-ring (bicyclic) bond motifs is 2. The van der Waals surface area contributed by atoms with E-state index in [4.69, 9.17) is 0 Å². The summed E-state index contributed by atoms with van der Waals surface area (Å²) in [7, 11) is -3.39. The second-order valence-corrected chi connectivity index (χ2v) is 9.81. The quantitative estimate of drug-likeness (QED) is 0.745. The van der Waals surface area contributed by atoms with Crippen LogP contribution in [-0.2, 0) is 16.4 Å². The topological polar surface area (TPSA) is 58.2 Å². The van der Waals surface area contributed by atoms with Crippen molar-refractivity contribution < 1.29 is 21.6 Å². The Morgan fingerprint density at radius 2 is 1.90 bits per heavy atom. The van der Waals surface area contributed by atoms with Crippen LogP contribution in [0, 0.1) is 11.7 Å². The highest BCUT2D eigenvalue weighted by atomic mass is 32.2. The fourth-order valence-corrected chi connectivity index (χ4v) is 5.33. The van der Waals surface area contributed by atoms with Crippen molar-refractivity contribution in [1.29, 1.82) is 0 Å². The standard InChI is InChI=1S/C21H23F3N2O2S/c1-29(27,28)26-20-15-9-16(10-15)25-18(20)11-13-5-3-7-17(19(13)22)12-4-2-6-14(8-12)21(23)24/h2-8,15-16,18,20-21,25-26H,9-11H2,1H3/t15?,16?,18-,20-/m0/s1. The maximum atomic E-state index is 15.3. The third kappa shape index (κ3) is 4.34. The second-order valence-electron chi connectivity index (χ2n) is 8.03. The molecule has 1 saturated carbocycles. The summed E-state index contributed by atoms with van der Waals surface area (Å²) in [6.07, 6.45) is 0.641. The number of nitrogens with one attached hydrogen (secondary N) is 2. The normalized spacial score (nSPS) is 26.4. The lowest BCUT2D eigenvalue weighted by Gasteiger charge is -2.52. The minimum atomic E-state index is -3.39. The van der Waals surface area contributed by atoms with Crippen LogP contribution in [0.3, 0.4) is 0 Å². The van der Waals surface area contributed by atoms with E-state index in [1.54, 1.807) is 24.3 Å². The first-order valence-electron chi connectivity index (χ1n) is 9.60. The zero-order chi connectivity index (χ0) is 20.8. The molecule has 2 bridgehead atoms. The van der Waals surface area contributed by atoms with Gasteiger partial charge < -0.3 is 5.32 Å². The SMILES string of the molecule is CS(=O)(=O)N[C@H]1C2CC(C2)N[C@H]1Cc1cccc(-c2cccc(C(F)F)c2)c1F. The fraction of sp³-hybridized carbons (Fsp3) is 0.429. The molecule has 0 spiro atoms. The molecule has 2 heterocycles.